The van der Waals surface area contributed by atoms with E-state index in [1.807, 2.05) is 6.07 Å². The summed E-state index contributed by atoms with van der Waals surface area (Å²) in [5.41, 5.74) is 1.16. The second kappa shape index (κ2) is 4.93. The molecule has 1 aliphatic carbocycles. The molecule has 0 aliphatic heterocycles. The van der Waals surface area contributed by atoms with Gasteiger partial charge in [0.15, 0.2) is 0 Å². The summed E-state index contributed by atoms with van der Waals surface area (Å²) in [7, 11) is 0. The normalized spacial score (nSPS) is 17.2. The molecule has 15 heavy (non-hydrogen) atoms. The third-order valence-electron chi connectivity index (χ3n) is 3.01. The highest BCUT2D eigenvalue weighted by atomic mass is 35.5. The number of halogens is 1. The molecule has 0 radical (unpaired) electrons. The number of hydrogen-bond acceptors (Lipinski definition) is 2. The molecular formula is C12H17ClN2. The molecule has 1 aromatic rings. The van der Waals surface area contributed by atoms with E-state index in [1.54, 1.807) is 0 Å². The van der Waals surface area contributed by atoms with Gasteiger partial charge in [-0.05, 0) is 25.3 Å². The Morgan fingerprint density at radius 3 is 2.73 bits per heavy atom. The van der Waals surface area contributed by atoms with Crippen LogP contribution < -0.4 is 0 Å². The highest BCUT2D eigenvalue weighted by Crippen LogP contribution is 2.33. The minimum absolute atomic E-state index is 0.607. The van der Waals surface area contributed by atoms with Crippen molar-refractivity contribution in [2.75, 3.05) is 0 Å². The first-order chi connectivity index (χ1) is 7.29. The zero-order chi connectivity index (χ0) is 10.7. The van der Waals surface area contributed by atoms with Crippen LogP contribution in [0.3, 0.4) is 0 Å². The van der Waals surface area contributed by atoms with Crippen molar-refractivity contribution in [3.63, 3.8) is 0 Å². The summed E-state index contributed by atoms with van der Waals surface area (Å²) >= 11 is 6.01. The van der Waals surface area contributed by atoms with Crippen LogP contribution in [0, 0.1) is 0 Å². The number of aryl methyl sites for hydroxylation is 1. The summed E-state index contributed by atoms with van der Waals surface area (Å²) in [6.45, 7) is 2.14. The first kappa shape index (κ1) is 10.9. The second-order valence-electron chi connectivity index (χ2n) is 4.26. The summed E-state index contributed by atoms with van der Waals surface area (Å²) in [6.07, 6.45) is 7.19. The van der Waals surface area contributed by atoms with Crippen molar-refractivity contribution in [3.05, 3.63) is 22.7 Å². The Bertz CT molecular complexity index is 332. The van der Waals surface area contributed by atoms with Crippen LogP contribution in [0.2, 0.25) is 5.15 Å². The molecule has 1 aromatic heterocycles. The average molecular weight is 225 g/mol. The Morgan fingerprint density at radius 1 is 1.33 bits per heavy atom. The number of hydrogen-bond donors (Lipinski definition) is 0. The molecule has 0 aromatic carbocycles. The molecule has 0 bridgehead atoms. The van der Waals surface area contributed by atoms with E-state index in [1.165, 1.54) is 25.7 Å². The molecule has 82 valence electrons. The maximum absolute atomic E-state index is 6.01. The van der Waals surface area contributed by atoms with Crippen LogP contribution in [0.25, 0.3) is 0 Å². The number of rotatable bonds is 3. The van der Waals surface area contributed by atoms with Crippen LogP contribution in [0.5, 0.6) is 0 Å². The van der Waals surface area contributed by atoms with Gasteiger partial charge in [-0.15, -0.1) is 0 Å². The van der Waals surface area contributed by atoms with Crippen molar-refractivity contribution in [2.24, 2.45) is 0 Å². The molecule has 0 unspecified atom stereocenters. The van der Waals surface area contributed by atoms with Crippen molar-refractivity contribution in [1.29, 1.82) is 0 Å². The Hall–Kier alpha value is -0.630. The third-order valence-corrected chi connectivity index (χ3v) is 3.20. The van der Waals surface area contributed by atoms with Gasteiger partial charge in [0.1, 0.15) is 11.0 Å². The Labute approximate surface area is 96.1 Å². The molecule has 1 aliphatic rings. The second-order valence-corrected chi connectivity index (χ2v) is 4.65. The van der Waals surface area contributed by atoms with Gasteiger partial charge in [-0.25, -0.2) is 9.97 Å². The molecule has 0 spiro atoms. The van der Waals surface area contributed by atoms with Gasteiger partial charge in [-0.3, -0.25) is 0 Å². The quantitative estimate of drug-likeness (QED) is 0.731. The predicted molar refractivity (Wildman–Crippen MR) is 62.2 cm³/mol. The highest BCUT2D eigenvalue weighted by molar-refractivity contribution is 6.29. The van der Waals surface area contributed by atoms with Crippen molar-refractivity contribution in [2.45, 2.75) is 51.4 Å². The van der Waals surface area contributed by atoms with E-state index < -0.39 is 0 Å². The van der Waals surface area contributed by atoms with E-state index >= 15 is 0 Å². The molecular weight excluding hydrogens is 208 g/mol. The van der Waals surface area contributed by atoms with E-state index in [9.17, 15) is 0 Å². The molecule has 1 heterocycles. The van der Waals surface area contributed by atoms with Crippen molar-refractivity contribution in [3.8, 4) is 0 Å². The maximum atomic E-state index is 6.01. The van der Waals surface area contributed by atoms with Gasteiger partial charge >= 0.3 is 0 Å². The molecule has 1 fully saturated rings. The molecule has 0 N–H and O–H groups in total. The van der Waals surface area contributed by atoms with E-state index in [2.05, 4.69) is 16.9 Å². The Balaban J connectivity index is 2.22. The monoisotopic (exact) mass is 224 g/mol. The van der Waals surface area contributed by atoms with Crippen LogP contribution in [0.15, 0.2) is 6.07 Å². The largest absolute Gasteiger partial charge is 0.238 e. The lowest BCUT2D eigenvalue weighted by atomic mass is 10.0. The molecule has 0 saturated heterocycles. The molecule has 3 heteroatoms. The summed E-state index contributed by atoms with van der Waals surface area (Å²) in [5, 5.41) is 0.607. The lowest BCUT2D eigenvalue weighted by Gasteiger charge is -2.10. The van der Waals surface area contributed by atoms with Crippen molar-refractivity contribution in [1.82, 2.24) is 9.97 Å². The zero-order valence-electron chi connectivity index (χ0n) is 9.17. The summed E-state index contributed by atoms with van der Waals surface area (Å²) in [6, 6.07) is 1.94. The van der Waals surface area contributed by atoms with E-state index in [-0.39, 0.29) is 0 Å². The molecule has 2 rings (SSSR count). The van der Waals surface area contributed by atoms with Gasteiger partial charge in [0, 0.05) is 18.0 Å². The molecule has 2 nitrogen and oxygen atoms in total. The summed E-state index contributed by atoms with van der Waals surface area (Å²) < 4.78 is 0. The summed E-state index contributed by atoms with van der Waals surface area (Å²) in [4.78, 5) is 8.86. The fraction of sp³-hybridized carbons (Fsp3) is 0.667. The van der Waals surface area contributed by atoms with E-state index in [0.29, 0.717) is 11.1 Å². The predicted octanol–water partition coefficient (Wildman–Crippen LogP) is 3.74. The lowest BCUT2D eigenvalue weighted by Crippen LogP contribution is -2.03. The highest BCUT2D eigenvalue weighted by Gasteiger charge is 2.19. The van der Waals surface area contributed by atoms with Crippen molar-refractivity contribution >= 4 is 11.6 Å². The van der Waals surface area contributed by atoms with Crippen LogP contribution in [-0.4, -0.2) is 9.97 Å². The smallest absolute Gasteiger partial charge is 0.133 e. The van der Waals surface area contributed by atoms with Crippen LogP contribution in [0.1, 0.15) is 56.5 Å². The van der Waals surface area contributed by atoms with Crippen LogP contribution in [-0.2, 0) is 6.42 Å². The number of aromatic nitrogens is 2. The molecule has 0 amide bonds. The van der Waals surface area contributed by atoms with Crippen molar-refractivity contribution < 1.29 is 0 Å². The van der Waals surface area contributed by atoms with Gasteiger partial charge in [0.25, 0.3) is 0 Å². The minimum atomic E-state index is 0.607. The van der Waals surface area contributed by atoms with Crippen LogP contribution in [0.4, 0.5) is 0 Å². The fourth-order valence-electron chi connectivity index (χ4n) is 2.25. The first-order valence-electron chi connectivity index (χ1n) is 5.83. The average Bonchev–Trinajstić information content (AvgIpc) is 2.70. The van der Waals surface area contributed by atoms with Gasteiger partial charge in [0.05, 0.1) is 0 Å². The number of nitrogens with zero attached hydrogens (tertiary/aromatic N) is 2. The van der Waals surface area contributed by atoms with E-state index in [4.69, 9.17) is 11.6 Å². The minimum Gasteiger partial charge on any atom is -0.238 e. The van der Waals surface area contributed by atoms with E-state index in [0.717, 1.165) is 24.4 Å². The third kappa shape index (κ3) is 2.69. The lowest BCUT2D eigenvalue weighted by molar-refractivity contribution is 0.679. The van der Waals surface area contributed by atoms with Crippen LogP contribution >= 0.6 is 11.6 Å². The molecule has 0 atom stereocenters. The maximum Gasteiger partial charge on any atom is 0.133 e. The standard InChI is InChI=1S/C12H17ClN2/c1-2-5-12-14-10(8-11(13)15-12)9-6-3-4-7-9/h8-9H,2-7H2,1H3. The zero-order valence-corrected chi connectivity index (χ0v) is 9.93. The van der Waals surface area contributed by atoms with Gasteiger partial charge in [-0.2, -0.15) is 0 Å². The van der Waals surface area contributed by atoms with Gasteiger partial charge in [0.2, 0.25) is 0 Å². The Morgan fingerprint density at radius 2 is 2.07 bits per heavy atom. The SMILES string of the molecule is CCCc1nc(Cl)cc(C2CCCC2)n1. The van der Waals surface area contributed by atoms with Gasteiger partial charge < -0.3 is 0 Å². The Kier molecular flexibility index (Phi) is 3.57. The topological polar surface area (TPSA) is 25.8 Å². The van der Waals surface area contributed by atoms with Gasteiger partial charge in [-0.1, -0.05) is 31.4 Å². The molecule has 1 saturated carbocycles. The fourth-order valence-corrected chi connectivity index (χ4v) is 2.46. The first-order valence-corrected chi connectivity index (χ1v) is 6.20. The summed E-state index contributed by atoms with van der Waals surface area (Å²) in [5.74, 6) is 1.54.